The van der Waals surface area contributed by atoms with Crippen molar-refractivity contribution in [3.8, 4) is 0 Å². The van der Waals surface area contributed by atoms with Gasteiger partial charge < -0.3 is 4.74 Å². The van der Waals surface area contributed by atoms with Crippen molar-refractivity contribution >= 4 is 23.2 Å². The average Bonchev–Trinajstić information content (AvgIpc) is 2.10. The van der Waals surface area contributed by atoms with Crippen molar-refractivity contribution in [2.45, 2.75) is 6.10 Å². The van der Waals surface area contributed by atoms with Crippen LogP contribution in [0.15, 0.2) is 24.3 Å². The van der Waals surface area contributed by atoms with Crippen molar-refractivity contribution in [1.29, 1.82) is 0 Å². The number of rotatable bonds is 3. The Kier molecular flexibility index (Phi) is 3.86. The molecule has 0 aliphatic heterocycles. The summed E-state index contributed by atoms with van der Waals surface area (Å²) >= 11 is 11.4. The van der Waals surface area contributed by atoms with Crippen molar-refractivity contribution in [2.75, 3.05) is 13.0 Å². The Morgan fingerprint density at radius 1 is 1.33 bits per heavy atom. The third-order valence-corrected chi connectivity index (χ3v) is 2.20. The van der Waals surface area contributed by atoms with Crippen LogP contribution in [0, 0.1) is 0 Å². The molecule has 0 spiro atoms. The van der Waals surface area contributed by atoms with Gasteiger partial charge in [-0.2, -0.15) is 0 Å². The van der Waals surface area contributed by atoms with Crippen LogP contribution in [0.1, 0.15) is 11.7 Å². The molecule has 0 radical (unpaired) electrons. The Bertz CT molecular complexity index is 229. The maximum Gasteiger partial charge on any atom is 0.0956 e. The first-order chi connectivity index (χ1) is 5.77. The molecule has 0 N–H and O–H groups in total. The smallest absolute Gasteiger partial charge is 0.0956 e. The molecule has 0 heterocycles. The highest BCUT2D eigenvalue weighted by molar-refractivity contribution is 6.30. The molecule has 0 fully saturated rings. The minimum absolute atomic E-state index is 0.0380. The van der Waals surface area contributed by atoms with Crippen molar-refractivity contribution in [3.05, 3.63) is 34.9 Å². The van der Waals surface area contributed by atoms with Gasteiger partial charge in [-0.15, -0.1) is 11.6 Å². The fourth-order valence-electron chi connectivity index (χ4n) is 0.966. The molecule has 1 aromatic rings. The highest BCUT2D eigenvalue weighted by Gasteiger charge is 2.07. The average molecular weight is 205 g/mol. The van der Waals surface area contributed by atoms with Crippen LogP contribution in [0.25, 0.3) is 0 Å². The van der Waals surface area contributed by atoms with Gasteiger partial charge in [-0.3, -0.25) is 0 Å². The molecule has 66 valence electrons. The van der Waals surface area contributed by atoms with Crippen LogP contribution in [0.3, 0.4) is 0 Å². The number of hydrogen-bond donors (Lipinski definition) is 0. The van der Waals surface area contributed by atoms with E-state index in [1.165, 1.54) is 0 Å². The number of alkyl halides is 1. The summed E-state index contributed by atoms with van der Waals surface area (Å²) in [4.78, 5) is 0. The quantitative estimate of drug-likeness (QED) is 0.688. The van der Waals surface area contributed by atoms with E-state index in [2.05, 4.69) is 0 Å². The van der Waals surface area contributed by atoms with Crippen LogP contribution in [0.4, 0.5) is 0 Å². The molecule has 0 aliphatic rings. The van der Waals surface area contributed by atoms with E-state index in [4.69, 9.17) is 27.9 Å². The SMILES string of the molecule is COC(CCl)c1ccc(Cl)cc1. The number of methoxy groups -OCH3 is 1. The topological polar surface area (TPSA) is 9.23 Å². The van der Waals surface area contributed by atoms with Crippen LogP contribution < -0.4 is 0 Å². The number of hydrogen-bond acceptors (Lipinski definition) is 1. The largest absolute Gasteiger partial charge is 0.376 e. The summed E-state index contributed by atoms with van der Waals surface area (Å²) in [6.07, 6.45) is -0.0380. The predicted molar refractivity (Wildman–Crippen MR) is 51.9 cm³/mol. The molecule has 0 saturated carbocycles. The molecule has 0 aromatic heterocycles. The lowest BCUT2D eigenvalue weighted by molar-refractivity contribution is 0.122. The van der Waals surface area contributed by atoms with Crippen molar-refractivity contribution in [1.82, 2.24) is 0 Å². The molecule has 12 heavy (non-hydrogen) atoms. The van der Waals surface area contributed by atoms with Gasteiger partial charge in [0.25, 0.3) is 0 Å². The van der Waals surface area contributed by atoms with E-state index in [1.54, 1.807) is 7.11 Å². The van der Waals surface area contributed by atoms with E-state index >= 15 is 0 Å². The fraction of sp³-hybridized carbons (Fsp3) is 0.333. The maximum absolute atomic E-state index is 5.73. The van der Waals surface area contributed by atoms with Crippen LogP contribution in [-0.4, -0.2) is 13.0 Å². The molecule has 1 atom stereocenters. The zero-order valence-electron chi connectivity index (χ0n) is 6.76. The molecule has 1 unspecified atom stereocenters. The van der Waals surface area contributed by atoms with Crippen LogP contribution in [0.2, 0.25) is 5.02 Å². The summed E-state index contributed by atoms with van der Waals surface area (Å²) in [7, 11) is 1.64. The Morgan fingerprint density at radius 3 is 2.33 bits per heavy atom. The second-order valence-corrected chi connectivity index (χ2v) is 3.18. The van der Waals surface area contributed by atoms with Crippen LogP contribution in [0.5, 0.6) is 0 Å². The Hall–Kier alpha value is -0.240. The van der Waals surface area contributed by atoms with Crippen molar-refractivity contribution < 1.29 is 4.74 Å². The van der Waals surface area contributed by atoms with Gasteiger partial charge in [0.1, 0.15) is 0 Å². The van der Waals surface area contributed by atoms with Gasteiger partial charge in [-0.05, 0) is 17.7 Å². The molecule has 0 saturated heterocycles. The minimum atomic E-state index is -0.0380. The monoisotopic (exact) mass is 204 g/mol. The van der Waals surface area contributed by atoms with Crippen molar-refractivity contribution in [2.24, 2.45) is 0 Å². The molecule has 1 nitrogen and oxygen atoms in total. The number of benzene rings is 1. The normalized spacial score (nSPS) is 12.9. The Balaban J connectivity index is 2.80. The summed E-state index contributed by atoms with van der Waals surface area (Å²) in [6.45, 7) is 0. The van der Waals surface area contributed by atoms with Gasteiger partial charge in [0.2, 0.25) is 0 Å². The zero-order chi connectivity index (χ0) is 8.97. The lowest BCUT2D eigenvalue weighted by Crippen LogP contribution is -2.01. The van der Waals surface area contributed by atoms with E-state index in [0.717, 1.165) is 10.6 Å². The summed E-state index contributed by atoms with van der Waals surface area (Å²) in [5.74, 6) is 0.456. The molecule has 1 rings (SSSR count). The molecular formula is C9H10Cl2O. The van der Waals surface area contributed by atoms with Gasteiger partial charge in [-0.25, -0.2) is 0 Å². The number of ether oxygens (including phenoxy) is 1. The predicted octanol–water partition coefficient (Wildman–Crippen LogP) is 3.27. The van der Waals surface area contributed by atoms with E-state index < -0.39 is 0 Å². The standard InChI is InChI=1S/C9H10Cl2O/c1-12-9(6-10)7-2-4-8(11)5-3-7/h2-5,9H,6H2,1H3. The van der Waals surface area contributed by atoms with E-state index in [0.29, 0.717) is 5.88 Å². The zero-order valence-corrected chi connectivity index (χ0v) is 8.27. The first kappa shape index (κ1) is 9.85. The lowest BCUT2D eigenvalue weighted by Gasteiger charge is -2.11. The highest BCUT2D eigenvalue weighted by atomic mass is 35.5. The fourth-order valence-corrected chi connectivity index (χ4v) is 1.40. The first-order valence-electron chi connectivity index (χ1n) is 3.62. The van der Waals surface area contributed by atoms with Gasteiger partial charge in [0.15, 0.2) is 0 Å². The Labute approximate surface area is 82.2 Å². The summed E-state index contributed by atoms with van der Waals surface area (Å²) in [5, 5.41) is 0.725. The first-order valence-corrected chi connectivity index (χ1v) is 4.53. The van der Waals surface area contributed by atoms with E-state index in [1.807, 2.05) is 24.3 Å². The third-order valence-electron chi connectivity index (χ3n) is 1.67. The molecule has 0 bridgehead atoms. The second kappa shape index (κ2) is 4.70. The molecule has 0 amide bonds. The van der Waals surface area contributed by atoms with Gasteiger partial charge in [0.05, 0.1) is 12.0 Å². The molecular weight excluding hydrogens is 195 g/mol. The van der Waals surface area contributed by atoms with Gasteiger partial charge in [-0.1, -0.05) is 23.7 Å². The Morgan fingerprint density at radius 2 is 1.92 bits per heavy atom. The third kappa shape index (κ3) is 2.37. The highest BCUT2D eigenvalue weighted by Crippen LogP contribution is 2.19. The lowest BCUT2D eigenvalue weighted by atomic mass is 10.1. The number of halogens is 2. The van der Waals surface area contributed by atoms with E-state index in [-0.39, 0.29) is 6.10 Å². The second-order valence-electron chi connectivity index (χ2n) is 2.43. The molecule has 1 aromatic carbocycles. The van der Waals surface area contributed by atoms with Gasteiger partial charge >= 0.3 is 0 Å². The summed E-state index contributed by atoms with van der Waals surface area (Å²) in [6, 6.07) is 7.49. The molecule has 0 aliphatic carbocycles. The minimum Gasteiger partial charge on any atom is -0.376 e. The van der Waals surface area contributed by atoms with Crippen LogP contribution in [-0.2, 0) is 4.74 Å². The maximum atomic E-state index is 5.73. The summed E-state index contributed by atoms with van der Waals surface area (Å²) in [5.41, 5.74) is 1.05. The molecule has 3 heteroatoms. The van der Waals surface area contributed by atoms with Crippen LogP contribution >= 0.6 is 23.2 Å². The van der Waals surface area contributed by atoms with E-state index in [9.17, 15) is 0 Å². The van der Waals surface area contributed by atoms with Crippen molar-refractivity contribution in [3.63, 3.8) is 0 Å². The van der Waals surface area contributed by atoms with Gasteiger partial charge in [0, 0.05) is 12.1 Å². The summed E-state index contributed by atoms with van der Waals surface area (Å²) < 4.78 is 5.15.